The minimum absolute atomic E-state index is 0.00828. The first-order valence-electron chi connectivity index (χ1n) is 21.9. The molecule has 290 valence electrons. The molecule has 0 bridgehead atoms. The van der Waals surface area contributed by atoms with E-state index < -0.39 is 5.41 Å². The lowest BCUT2D eigenvalue weighted by molar-refractivity contribution is 0.590. The number of benzene rings is 8. The molecule has 2 aromatic heterocycles. The molecule has 0 fully saturated rings. The number of hydrogen-bond acceptors (Lipinski definition) is 2. The van der Waals surface area contributed by atoms with Crippen LogP contribution in [0.3, 0.4) is 0 Å². The molecule has 0 radical (unpaired) electrons. The summed E-state index contributed by atoms with van der Waals surface area (Å²) in [5.41, 5.74) is 23.5. The molecule has 5 heterocycles. The summed E-state index contributed by atoms with van der Waals surface area (Å²) in [6, 6.07) is 58.1. The lowest BCUT2D eigenvalue weighted by atomic mass is 9.43. The van der Waals surface area contributed by atoms with Gasteiger partial charge in [-0.3, -0.25) is 0 Å². The van der Waals surface area contributed by atoms with E-state index in [0.29, 0.717) is 0 Å². The van der Waals surface area contributed by atoms with Gasteiger partial charge in [0.1, 0.15) is 11.2 Å². The van der Waals surface area contributed by atoms with Crippen LogP contribution in [0.25, 0.3) is 66.0 Å². The van der Waals surface area contributed by atoms with E-state index in [1.165, 1.54) is 111 Å². The maximum absolute atomic E-state index is 6.98. The predicted molar refractivity (Wildman–Crippen MR) is 256 cm³/mol. The van der Waals surface area contributed by atoms with Crippen molar-refractivity contribution >= 4 is 78.6 Å². The van der Waals surface area contributed by atoms with E-state index in [1.807, 2.05) is 0 Å². The van der Waals surface area contributed by atoms with Gasteiger partial charge < -0.3 is 13.8 Å². The Morgan fingerprint density at radius 1 is 0.492 bits per heavy atom. The third-order valence-corrected chi connectivity index (χ3v) is 14.8. The largest absolute Gasteiger partial charge is 0.456 e. The molecule has 0 saturated carbocycles. The molecule has 0 unspecified atom stereocenters. The SMILES string of the molecule is CC(C)(C)c1ccc2c(c1)c1cc(C(C)(C)C)cc3c1n2B1c2cccc4c2N(c2ccccc2C42c4ccccc4-c4ccccc42)c2c1c-3cc1oc3ccccc3c21. The van der Waals surface area contributed by atoms with Gasteiger partial charge in [-0.25, -0.2) is 0 Å². The van der Waals surface area contributed by atoms with Crippen molar-refractivity contribution < 1.29 is 4.42 Å². The first-order chi connectivity index (χ1) is 29.5. The number of rotatable bonds is 0. The summed E-state index contributed by atoms with van der Waals surface area (Å²) in [6.45, 7) is 14.0. The number of para-hydroxylation sites is 3. The summed E-state index contributed by atoms with van der Waals surface area (Å²) in [5, 5.41) is 4.98. The number of aromatic nitrogens is 1. The number of furan rings is 1. The van der Waals surface area contributed by atoms with Crippen molar-refractivity contribution in [2.24, 2.45) is 0 Å². The van der Waals surface area contributed by atoms with Gasteiger partial charge in [0.2, 0.25) is 0 Å². The Morgan fingerprint density at radius 3 is 1.90 bits per heavy atom. The normalized spacial score (nSPS) is 15.1. The highest BCUT2D eigenvalue weighted by atomic mass is 16.3. The van der Waals surface area contributed by atoms with Crippen molar-refractivity contribution in [2.75, 3.05) is 4.90 Å². The van der Waals surface area contributed by atoms with Crippen LogP contribution in [0.1, 0.15) is 74.9 Å². The minimum Gasteiger partial charge on any atom is -0.456 e. The molecule has 0 N–H and O–H groups in total. The summed E-state index contributed by atoms with van der Waals surface area (Å²) in [5.74, 6) is 0. The topological polar surface area (TPSA) is 21.3 Å². The average molecular weight is 783 g/mol. The standard InChI is InChI=1S/C57H43BN2O/c1-55(2,3)32-26-27-46-37(28-32)39-29-33(56(4,5)6)30-40-38-31-49-50(36-18-9-14-25-48(36)61-49)54-51(38)58(60(46)52(39)40)45-23-15-22-44-53(45)59(54)47-24-13-12-21-43(47)57(44)41-19-10-7-16-34(41)35-17-8-11-20-42(35)57/h7-31H,1-6H3. The monoisotopic (exact) mass is 782 g/mol. The van der Waals surface area contributed by atoms with Crippen molar-refractivity contribution in [1.82, 2.24) is 4.48 Å². The third-order valence-electron chi connectivity index (χ3n) is 14.8. The average Bonchev–Trinajstić information content (AvgIpc) is 3.90. The summed E-state index contributed by atoms with van der Waals surface area (Å²) in [4.78, 5) is 2.66. The Bertz CT molecular complexity index is 3600. The van der Waals surface area contributed by atoms with Gasteiger partial charge in [-0.2, -0.15) is 0 Å². The van der Waals surface area contributed by atoms with Gasteiger partial charge in [0.15, 0.2) is 0 Å². The second kappa shape index (κ2) is 10.9. The van der Waals surface area contributed by atoms with E-state index in [9.17, 15) is 0 Å². The summed E-state index contributed by atoms with van der Waals surface area (Å²) < 4.78 is 9.72. The van der Waals surface area contributed by atoms with Crippen LogP contribution in [0.5, 0.6) is 0 Å². The van der Waals surface area contributed by atoms with E-state index >= 15 is 0 Å². The molecule has 0 saturated heterocycles. The lowest BCUT2D eigenvalue weighted by Crippen LogP contribution is -2.58. The maximum atomic E-state index is 6.98. The van der Waals surface area contributed by atoms with E-state index in [0.717, 1.165) is 16.6 Å². The number of anilines is 3. The van der Waals surface area contributed by atoms with Gasteiger partial charge >= 0.3 is 6.85 Å². The van der Waals surface area contributed by atoms with Crippen LogP contribution in [-0.4, -0.2) is 11.3 Å². The zero-order valence-electron chi connectivity index (χ0n) is 35.3. The fraction of sp³-hybridized carbons (Fsp3) is 0.158. The first kappa shape index (κ1) is 34.0. The second-order valence-corrected chi connectivity index (χ2v) is 20.0. The predicted octanol–water partition coefficient (Wildman–Crippen LogP) is 13.4. The molecule has 0 amide bonds. The molecule has 14 rings (SSSR count). The maximum Gasteiger partial charge on any atom is 0.333 e. The zero-order chi connectivity index (χ0) is 40.9. The molecule has 8 aromatic carbocycles. The van der Waals surface area contributed by atoms with Crippen molar-refractivity contribution in [2.45, 2.75) is 57.8 Å². The van der Waals surface area contributed by atoms with E-state index in [-0.39, 0.29) is 17.7 Å². The van der Waals surface area contributed by atoms with Gasteiger partial charge in [0.25, 0.3) is 0 Å². The Kier molecular flexibility index (Phi) is 6.09. The van der Waals surface area contributed by atoms with Crippen LogP contribution in [0, 0.1) is 0 Å². The van der Waals surface area contributed by atoms with E-state index in [4.69, 9.17) is 4.42 Å². The molecule has 4 heteroatoms. The zero-order valence-corrected chi connectivity index (χ0v) is 35.3. The first-order valence-corrected chi connectivity index (χ1v) is 21.9. The minimum atomic E-state index is -0.512. The van der Waals surface area contributed by atoms with Crippen molar-refractivity contribution in [3.8, 4) is 22.3 Å². The van der Waals surface area contributed by atoms with Crippen LogP contribution in [0.15, 0.2) is 156 Å². The number of nitrogens with zero attached hydrogens (tertiary/aromatic N) is 2. The molecular formula is C57H43BN2O. The van der Waals surface area contributed by atoms with Crippen molar-refractivity contribution in [3.63, 3.8) is 0 Å². The lowest BCUT2D eigenvalue weighted by Gasteiger charge is -2.49. The quantitative estimate of drug-likeness (QED) is 0.143. The van der Waals surface area contributed by atoms with Crippen LogP contribution in [-0.2, 0) is 16.2 Å². The van der Waals surface area contributed by atoms with Crippen LogP contribution in [0.4, 0.5) is 17.1 Å². The molecule has 0 atom stereocenters. The highest BCUT2D eigenvalue weighted by molar-refractivity contribution is 6.90. The van der Waals surface area contributed by atoms with Crippen LogP contribution < -0.4 is 15.8 Å². The molecule has 1 spiro atoms. The van der Waals surface area contributed by atoms with Crippen LogP contribution >= 0.6 is 0 Å². The van der Waals surface area contributed by atoms with Gasteiger partial charge in [-0.15, -0.1) is 0 Å². The molecule has 3 aliphatic heterocycles. The number of hydrogen-bond donors (Lipinski definition) is 0. The molecule has 61 heavy (non-hydrogen) atoms. The Balaban J connectivity index is 1.22. The number of fused-ring (bicyclic) bond motifs is 20. The van der Waals surface area contributed by atoms with Crippen molar-refractivity contribution in [3.05, 3.63) is 185 Å². The molecule has 10 aromatic rings. The van der Waals surface area contributed by atoms with Gasteiger partial charge in [0.05, 0.1) is 22.2 Å². The van der Waals surface area contributed by atoms with E-state index in [2.05, 4.69) is 203 Å². The molecule has 4 aliphatic rings. The van der Waals surface area contributed by atoms with E-state index in [1.54, 1.807) is 0 Å². The molecular weight excluding hydrogens is 739 g/mol. The second-order valence-electron chi connectivity index (χ2n) is 20.0. The summed E-state index contributed by atoms with van der Waals surface area (Å²) >= 11 is 0. The smallest absolute Gasteiger partial charge is 0.333 e. The van der Waals surface area contributed by atoms with Crippen LogP contribution in [0.2, 0.25) is 0 Å². The Morgan fingerprint density at radius 2 is 1.15 bits per heavy atom. The highest BCUT2D eigenvalue weighted by Gasteiger charge is 2.55. The highest BCUT2D eigenvalue weighted by Crippen LogP contribution is 2.64. The summed E-state index contributed by atoms with van der Waals surface area (Å²) in [7, 11) is 0. The fourth-order valence-corrected chi connectivity index (χ4v) is 12.2. The summed E-state index contributed by atoms with van der Waals surface area (Å²) in [6.07, 6.45) is 0. The van der Waals surface area contributed by atoms with Gasteiger partial charge in [-0.1, -0.05) is 151 Å². The van der Waals surface area contributed by atoms with Gasteiger partial charge in [-0.05, 0) is 114 Å². The molecule has 1 aliphatic carbocycles. The van der Waals surface area contributed by atoms with Crippen molar-refractivity contribution in [1.29, 1.82) is 0 Å². The fourth-order valence-electron chi connectivity index (χ4n) is 12.2. The molecule has 3 nitrogen and oxygen atoms in total. The Hall–Kier alpha value is -6.78. The third kappa shape index (κ3) is 3.94. The van der Waals surface area contributed by atoms with Gasteiger partial charge in [0, 0.05) is 38.4 Å². The Labute approximate surface area is 356 Å².